The van der Waals surface area contributed by atoms with E-state index in [9.17, 15) is 8.42 Å². The van der Waals surface area contributed by atoms with Gasteiger partial charge in [0, 0.05) is 36.3 Å². The van der Waals surface area contributed by atoms with Crippen molar-refractivity contribution in [2.45, 2.75) is 10.8 Å². The highest BCUT2D eigenvalue weighted by molar-refractivity contribution is 7.89. The van der Waals surface area contributed by atoms with Gasteiger partial charge in [-0.3, -0.25) is 0 Å². The molecule has 9 heteroatoms. The molecule has 0 aliphatic carbocycles. The molecule has 0 fully saturated rings. The molecule has 1 aliphatic rings. The molecule has 0 bridgehead atoms. The third kappa shape index (κ3) is 4.46. The van der Waals surface area contributed by atoms with Gasteiger partial charge in [-0.25, -0.2) is 0 Å². The molecule has 0 spiro atoms. The van der Waals surface area contributed by atoms with Gasteiger partial charge in [-0.1, -0.05) is 53.0 Å². The van der Waals surface area contributed by atoms with Crippen LogP contribution in [-0.4, -0.2) is 39.2 Å². The predicted molar refractivity (Wildman–Crippen MR) is 132 cm³/mol. The summed E-state index contributed by atoms with van der Waals surface area (Å²) in [5.74, 6) is -0.273. The smallest absolute Gasteiger partial charge is 0.279 e. The van der Waals surface area contributed by atoms with E-state index in [1.165, 1.54) is 12.1 Å². The minimum absolute atomic E-state index is 0.128. The molecule has 0 N–H and O–H groups in total. The zero-order chi connectivity index (χ0) is 23.0. The number of hydrogen-bond donors (Lipinski definition) is 0. The van der Waals surface area contributed by atoms with E-state index >= 15 is 0 Å². The monoisotopic (exact) mass is 507 g/mol. The lowest BCUT2D eigenvalue weighted by atomic mass is 9.90. The van der Waals surface area contributed by atoms with Crippen molar-refractivity contribution in [3.8, 4) is 0 Å². The zero-order valence-corrected chi connectivity index (χ0v) is 20.4. The molecule has 32 heavy (non-hydrogen) atoms. The fourth-order valence-electron chi connectivity index (χ4n) is 3.54. The van der Waals surface area contributed by atoms with Crippen LogP contribution in [0.25, 0.3) is 0 Å². The lowest BCUT2D eigenvalue weighted by Crippen LogP contribution is -2.26. The Kier molecular flexibility index (Phi) is 6.41. The fourth-order valence-corrected chi connectivity index (χ4v) is 5.22. The molecule has 1 aliphatic heterocycles. The first-order valence-corrected chi connectivity index (χ1v) is 12.3. The summed E-state index contributed by atoms with van der Waals surface area (Å²) in [4.78, 5) is 2.13. The minimum Gasteiger partial charge on any atom is -0.378 e. The Labute approximate surface area is 202 Å². The van der Waals surface area contributed by atoms with Crippen molar-refractivity contribution in [1.29, 1.82) is 0 Å². The molecule has 1 heterocycles. The Morgan fingerprint density at radius 1 is 0.906 bits per heavy atom. The van der Waals surface area contributed by atoms with Crippen LogP contribution < -0.4 is 4.90 Å². The summed E-state index contributed by atoms with van der Waals surface area (Å²) in [6.45, 7) is 0.169. The van der Waals surface area contributed by atoms with Crippen molar-refractivity contribution < 1.29 is 8.42 Å². The number of sulfonamides is 1. The van der Waals surface area contributed by atoms with Crippen LogP contribution in [0.1, 0.15) is 17.0 Å². The maximum absolute atomic E-state index is 13.3. The van der Waals surface area contributed by atoms with Gasteiger partial charge in [-0.15, -0.1) is 0 Å². The third-order valence-electron chi connectivity index (χ3n) is 5.30. The van der Waals surface area contributed by atoms with Crippen LogP contribution in [0.5, 0.6) is 0 Å². The van der Waals surface area contributed by atoms with Gasteiger partial charge in [0.25, 0.3) is 10.0 Å². The zero-order valence-electron chi connectivity index (χ0n) is 17.3. The molecule has 0 amide bonds. The SMILES string of the molecule is CN(C)c1ccc([C@@H]2CN(S(=O)(=O)c3ccc(Cl)cc3)N=C2c2ccc(Cl)c(Cl)c2)cc1. The second kappa shape index (κ2) is 8.94. The fraction of sp³-hybridized carbons (Fsp3) is 0.174. The van der Waals surface area contributed by atoms with Crippen LogP contribution in [-0.2, 0) is 10.0 Å². The van der Waals surface area contributed by atoms with E-state index in [-0.39, 0.29) is 17.4 Å². The molecule has 0 aromatic heterocycles. The highest BCUT2D eigenvalue weighted by atomic mass is 35.5. The number of benzene rings is 3. The first-order valence-electron chi connectivity index (χ1n) is 9.76. The van der Waals surface area contributed by atoms with Gasteiger partial charge in [0.15, 0.2) is 0 Å². The summed E-state index contributed by atoms with van der Waals surface area (Å²) < 4.78 is 27.7. The summed E-state index contributed by atoms with van der Waals surface area (Å²) in [5, 5.41) is 5.80. The Morgan fingerprint density at radius 2 is 1.56 bits per heavy atom. The third-order valence-corrected chi connectivity index (χ3v) is 7.95. The van der Waals surface area contributed by atoms with Gasteiger partial charge >= 0.3 is 0 Å². The average Bonchev–Trinajstić information content (AvgIpc) is 3.22. The van der Waals surface area contributed by atoms with Crippen molar-refractivity contribution in [2.24, 2.45) is 5.10 Å². The predicted octanol–water partition coefficient (Wildman–Crippen LogP) is 5.91. The highest BCUT2D eigenvalue weighted by Gasteiger charge is 2.36. The minimum atomic E-state index is -3.86. The van der Waals surface area contributed by atoms with Gasteiger partial charge in [0.2, 0.25) is 0 Å². The standard InChI is InChI=1S/C23H20Cl3N3O2S/c1-28(2)18-8-3-15(4-9-18)20-14-29(32(30,31)19-10-6-17(24)7-11-19)27-23(20)16-5-12-21(25)22(26)13-16/h3-13,20H,14H2,1-2H3/t20-/m0/s1. The maximum Gasteiger partial charge on any atom is 0.279 e. The Hall–Kier alpha value is -2.25. The summed E-state index contributed by atoms with van der Waals surface area (Å²) >= 11 is 18.3. The average molecular weight is 509 g/mol. The molecule has 0 saturated carbocycles. The van der Waals surface area contributed by atoms with Crippen LogP contribution in [0.2, 0.25) is 15.1 Å². The lowest BCUT2D eigenvalue weighted by Gasteiger charge is -2.18. The van der Waals surface area contributed by atoms with E-state index in [1.807, 2.05) is 43.3 Å². The van der Waals surface area contributed by atoms with Crippen LogP contribution >= 0.6 is 34.8 Å². The summed E-state index contributed by atoms with van der Waals surface area (Å²) in [6.07, 6.45) is 0. The van der Waals surface area contributed by atoms with Crippen LogP contribution in [0.15, 0.2) is 76.7 Å². The van der Waals surface area contributed by atoms with Crippen molar-refractivity contribution in [3.63, 3.8) is 0 Å². The van der Waals surface area contributed by atoms with E-state index in [4.69, 9.17) is 34.8 Å². The molecule has 0 unspecified atom stereocenters. The van der Waals surface area contributed by atoms with E-state index in [1.54, 1.807) is 30.3 Å². The van der Waals surface area contributed by atoms with Crippen molar-refractivity contribution in [2.75, 3.05) is 25.5 Å². The number of nitrogens with zero attached hydrogens (tertiary/aromatic N) is 3. The molecule has 3 aromatic rings. The van der Waals surface area contributed by atoms with E-state index < -0.39 is 10.0 Å². The number of hydrazone groups is 1. The van der Waals surface area contributed by atoms with E-state index in [0.29, 0.717) is 20.8 Å². The van der Waals surface area contributed by atoms with Crippen LogP contribution in [0, 0.1) is 0 Å². The lowest BCUT2D eigenvalue weighted by molar-refractivity contribution is 0.451. The Balaban J connectivity index is 1.78. The van der Waals surface area contributed by atoms with Crippen molar-refractivity contribution >= 4 is 56.2 Å². The topological polar surface area (TPSA) is 53.0 Å². The number of rotatable bonds is 5. The summed E-state index contributed by atoms with van der Waals surface area (Å²) in [5.41, 5.74) is 3.33. The van der Waals surface area contributed by atoms with Crippen LogP contribution in [0.3, 0.4) is 0 Å². The number of halogens is 3. The second-order valence-corrected chi connectivity index (χ2v) is 10.7. The van der Waals surface area contributed by atoms with Gasteiger partial charge in [-0.2, -0.15) is 17.9 Å². The molecule has 1 atom stereocenters. The van der Waals surface area contributed by atoms with E-state index in [0.717, 1.165) is 21.2 Å². The summed E-state index contributed by atoms with van der Waals surface area (Å²) in [6, 6.07) is 19.2. The summed E-state index contributed by atoms with van der Waals surface area (Å²) in [7, 11) is 0.0745. The molecule has 5 nitrogen and oxygen atoms in total. The van der Waals surface area contributed by atoms with Crippen LogP contribution in [0.4, 0.5) is 5.69 Å². The second-order valence-electron chi connectivity index (χ2n) is 7.62. The van der Waals surface area contributed by atoms with Gasteiger partial charge in [-0.05, 0) is 54.1 Å². The Morgan fingerprint density at radius 3 is 2.16 bits per heavy atom. The molecule has 0 saturated heterocycles. The molecule has 0 radical (unpaired) electrons. The molecule has 4 rings (SSSR count). The largest absolute Gasteiger partial charge is 0.378 e. The normalized spacial score (nSPS) is 16.2. The highest BCUT2D eigenvalue weighted by Crippen LogP contribution is 2.34. The van der Waals surface area contributed by atoms with E-state index in [2.05, 4.69) is 5.10 Å². The molecule has 3 aromatic carbocycles. The number of anilines is 1. The van der Waals surface area contributed by atoms with Gasteiger partial charge < -0.3 is 4.90 Å². The molecular weight excluding hydrogens is 489 g/mol. The quantitative estimate of drug-likeness (QED) is 0.431. The molecule has 166 valence electrons. The number of hydrogen-bond acceptors (Lipinski definition) is 4. The first kappa shape index (κ1) is 22.9. The van der Waals surface area contributed by atoms with Gasteiger partial charge in [0.1, 0.15) is 0 Å². The van der Waals surface area contributed by atoms with Crippen molar-refractivity contribution in [1.82, 2.24) is 4.41 Å². The van der Waals surface area contributed by atoms with Gasteiger partial charge in [0.05, 0.1) is 27.2 Å². The van der Waals surface area contributed by atoms with Crippen molar-refractivity contribution in [3.05, 3.63) is 92.9 Å². The molecular formula is C23H20Cl3N3O2S. The first-order chi connectivity index (χ1) is 15.2. The maximum atomic E-state index is 13.3. The Bertz CT molecular complexity index is 1270.